The van der Waals surface area contributed by atoms with Crippen LogP contribution in [0.25, 0.3) is 0 Å². The minimum Gasteiger partial charge on any atom is -0.378 e. The fraction of sp³-hybridized carbons (Fsp3) is 0.136. The van der Waals surface area contributed by atoms with Gasteiger partial charge in [-0.2, -0.15) is 0 Å². The first-order valence-electron chi connectivity index (χ1n) is 8.31. The van der Waals surface area contributed by atoms with Gasteiger partial charge in [0.05, 0.1) is 6.04 Å². The van der Waals surface area contributed by atoms with Crippen molar-refractivity contribution >= 4 is 5.91 Å². The second-order valence-corrected chi connectivity index (χ2v) is 6.06. The minimum absolute atomic E-state index is 0.210. The monoisotopic (exact) mass is 331 g/mol. The second kappa shape index (κ2) is 7.32. The fourth-order valence-electron chi connectivity index (χ4n) is 3.03. The summed E-state index contributed by atoms with van der Waals surface area (Å²) in [6.07, 6.45) is 0. The molecule has 0 heterocycles. The van der Waals surface area contributed by atoms with Crippen molar-refractivity contribution in [1.82, 2.24) is 5.32 Å². The molecule has 25 heavy (non-hydrogen) atoms. The van der Waals surface area contributed by atoms with E-state index in [0.29, 0.717) is 5.56 Å². The van der Waals surface area contributed by atoms with Crippen LogP contribution in [0.5, 0.6) is 0 Å². The number of hydrogen-bond donors (Lipinski definition) is 2. The molecule has 0 saturated heterocycles. The van der Waals surface area contributed by atoms with E-state index in [2.05, 4.69) is 5.32 Å². The Hall–Kier alpha value is -2.91. The van der Waals surface area contributed by atoms with Gasteiger partial charge in [0.25, 0.3) is 5.91 Å². The molecule has 1 atom stereocenters. The Morgan fingerprint density at radius 2 is 1.20 bits per heavy atom. The summed E-state index contributed by atoms with van der Waals surface area (Å²) in [5, 5.41) is 14.5. The first-order valence-corrected chi connectivity index (χ1v) is 8.31. The van der Waals surface area contributed by atoms with Crippen molar-refractivity contribution in [2.24, 2.45) is 0 Å². The lowest BCUT2D eigenvalue weighted by Crippen LogP contribution is -2.49. The molecule has 0 spiro atoms. The van der Waals surface area contributed by atoms with E-state index in [0.717, 1.165) is 11.1 Å². The third-order valence-corrected chi connectivity index (χ3v) is 4.44. The molecule has 0 aromatic heterocycles. The summed E-state index contributed by atoms with van der Waals surface area (Å²) < 4.78 is 0. The normalized spacial score (nSPS) is 12.4. The SMILES string of the molecule is C[C@H](NC(=O)c1ccccc1)C(O)(c1ccccc1)c1ccccc1. The van der Waals surface area contributed by atoms with Gasteiger partial charge in [0.2, 0.25) is 0 Å². The predicted octanol–water partition coefficient (Wildman–Crippen LogP) is 3.74. The van der Waals surface area contributed by atoms with Gasteiger partial charge in [0.1, 0.15) is 5.60 Å². The maximum atomic E-state index is 12.5. The summed E-state index contributed by atoms with van der Waals surface area (Å²) >= 11 is 0. The molecule has 0 aliphatic heterocycles. The molecule has 0 aliphatic rings. The highest BCUT2D eigenvalue weighted by atomic mass is 16.3. The molecule has 3 aromatic carbocycles. The Bertz CT molecular complexity index is 777. The van der Waals surface area contributed by atoms with Gasteiger partial charge in [-0.3, -0.25) is 4.79 Å². The third-order valence-electron chi connectivity index (χ3n) is 4.44. The topological polar surface area (TPSA) is 49.3 Å². The van der Waals surface area contributed by atoms with Crippen molar-refractivity contribution in [3.05, 3.63) is 108 Å². The van der Waals surface area contributed by atoms with Crippen molar-refractivity contribution in [2.45, 2.75) is 18.6 Å². The molecule has 126 valence electrons. The van der Waals surface area contributed by atoms with Gasteiger partial charge in [-0.05, 0) is 30.2 Å². The van der Waals surface area contributed by atoms with Crippen molar-refractivity contribution in [3.63, 3.8) is 0 Å². The Kier molecular flexibility index (Phi) is 4.96. The second-order valence-electron chi connectivity index (χ2n) is 6.06. The molecule has 0 unspecified atom stereocenters. The molecule has 1 amide bonds. The van der Waals surface area contributed by atoms with Crippen molar-refractivity contribution in [1.29, 1.82) is 0 Å². The Morgan fingerprint density at radius 1 is 0.800 bits per heavy atom. The Labute approximate surface area is 148 Å². The van der Waals surface area contributed by atoms with Crippen LogP contribution in [0.2, 0.25) is 0 Å². The first-order chi connectivity index (χ1) is 12.1. The van der Waals surface area contributed by atoms with Crippen LogP contribution >= 0.6 is 0 Å². The van der Waals surface area contributed by atoms with Gasteiger partial charge in [-0.15, -0.1) is 0 Å². The van der Waals surface area contributed by atoms with Crippen molar-refractivity contribution in [2.75, 3.05) is 0 Å². The molecule has 0 bridgehead atoms. The molecule has 0 saturated carbocycles. The zero-order valence-electron chi connectivity index (χ0n) is 14.1. The molecule has 3 heteroatoms. The van der Waals surface area contributed by atoms with Gasteiger partial charge in [0.15, 0.2) is 0 Å². The smallest absolute Gasteiger partial charge is 0.251 e. The van der Waals surface area contributed by atoms with E-state index in [1.165, 1.54) is 0 Å². The summed E-state index contributed by atoms with van der Waals surface area (Å²) in [6, 6.07) is 27.3. The highest BCUT2D eigenvalue weighted by Crippen LogP contribution is 2.33. The van der Waals surface area contributed by atoms with E-state index in [-0.39, 0.29) is 5.91 Å². The van der Waals surface area contributed by atoms with E-state index >= 15 is 0 Å². The lowest BCUT2D eigenvalue weighted by atomic mass is 9.80. The van der Waals surface area contributed by atoms with Crippen LogP contribution in [0.4, 0.5) is 0 Å². The Morgan fingerprint density at radius 3 is 1.64 bits per heavy atom. The van der Waals surface area contributed by atoms with Crippen LogP contribution in [0, 0.1) is 0 Å². The summed E-state index contributed by atoms with van der Waals surface area (Å²) in [5.41, 5.74) is 0.717. The number of carbonyl (C=O) groups excluding carboxylic acids is 1. The maximum absolute atomic E-state index is 12.5. The summed E-state index contributed by atoms with van der Waals surface area (Å²) in [7, 11) is 0. The first kappa shape index (κ1) is 16.9. The van der Waals surface area contributed by atoms with E-state index in [1.807, 2.05) is 85.8 Å². The van der Waals surface area contributed by atoms with Crippen LogP contribution in [-0.2, 0) is 5.60 Å². The molecule has 2 N–H and O–H groups in total. The van der Waals surface area contributed by atoms with Crippen LogP contribution in [-0.4, -0.2) is 17.1 Å². The number of hydrogen-bond acceptors (Lipinski definition) is 2. The van der Waals surface area contributed by atoms with Crippen LogP contribution in [0.3, 0.4) is 0 Å². The summed E-state index contributed by atoms with van der Waals surface area (Å²) in [6.45, 7) is 1.82. The molecule has 0 aliphatic carbocycles. The van der Waals surface area contributed by atoms with Crippen molar-refractivity contribution in [3.8, 4) is 0 Å². The van der Waals surface area contributed by atoms with Crippen LogP contribution in [0.15, 0.2) is 91.0 Å². The lowest BCUT2D eigenvalue weighted by molar-refractivity contribution is 0.0404. The molecular weight excluding hydrogens is 310 g/mol. The molecule has 3 aromatic rings. The molecule has 0 fully saturated rings. The predicted molar refractivity (Wildman–Crippen MR) is 99.3 cm³/mol. The number of aliphatic hydroxyl groups is 1. The third kappa shape index (κ3) is 3.47. The maximum Gasteiger partial charge on any atom is 0.251 e. The average molecular weight is 331 g/mol. The number of nitrogens with one attached hydrogen (secondary N) is 1. The average Bonchev–Trinajstić information content (AvgIpc) is 2.69. The standard InChI is InChI=1S/C22H21NO2/c1-17(23-21(24)18-11-5-2-6-12-18)22(25,19-13-7-3-8-14-19)20-15-9-4-10-16-20/h2-17,25H,1H3,(H,23,24)/t17-/m0/s1. The number of amides is 1. The minimum atomic E-state index is -1.33. The highest BCUT2D eigenvalue weighted by molar-refractivity contribution is 5.94. The quantitative estimate of drug-likeness (QED) is 0.748. The lowest BCUT2D eigenvalue weighted by Gasteiger charge is -2.35. The molecule has 3 nitrogen and oxygen atoms in total. The van der Waals surface area contributed by atoms with E-state index in [1.54, 1.807) is 12.1 Å². The van der Waals surface area contributed by atoms with Crippen LogP contribution < -0.4 is 5.32 Å². The highest BCUT2D eigenvalue weighted by Gasteiger charge is 2.38. The summed E-state index contributed by atoms with van der Waals surface area (Å²) in [5.74, 6) is -0.210. The van der Waals surface area contributed by atoms with E-state index in [4.69, 9.17) is 0 Å². The zero-order valence-corrected chi connectivity index (χ0v) is 14.1. The Balaban J connectivity index is 1.96. The molecular formula is C22H21NO2. The zero-order chi connectivity index (χ0) is 17.7. The summed E-state index contributed by atoms with van der Waals surface area (Å²) in [4.78, 5) is 12.5. The number of carbonyl (C=O) groups is 1. The van der Waals surface area contributed by atoms with Gasteiger partial charge in [0, 0.05) is 5.56 Å². The largest absolute Gasteiger partial charge is 0.378 e. The van der Waals surface area contributed by atoms with Gasteiger partial charge in [-0.25, -0.2) is 0 Å². The molecule has 0 radical (unpaired) electrons. The van der Waals surface area contributed by atoms with Crippen LogP contribution in [0.1, 0.15) is 28.4 Å². The van der Waals surface area contributed by atoms with Gasteiger partial charge in [-0.1, -0.05) is 78.9 Å². The van der Waals surface area contributed by atoms with Crippen molar-refractivity contribution < 1.29 is 9.90 Å². The van der Waals surface area contributed by atoms with E-state index in [9.17, 15) is 9.90 Å². The van der Waals surface area contributed by atoms with E-state index < -0.39 is 11.6 Å². The molecule has 3 rings (SSSR count). The number of rotatable bonds is 5. The van der Waals surface area contributed by atoms with Gasteiger partial charge < -0.3 is 10.4 Å². The number of benzene rings is 3. The fourth-order valence-corrected chi connectivity index (χ4v) is 3.03. The van der Waals surface area contributed by atoms with Gasteiger partial charge >= 0.3 is 0 Å².